The number of benzene rings is 3. The van der Waals surface area contributed by atoms with E-state index in [1.54, 1.807) is 6.07 Å². The zero-order valence-corrected chi connectivity index (χ0v) is 18.9. The second-order valence-electron chi connectivity index (χ2n) is 7.88. The lowest BCUT2D eigenvalue weighted by atomic mass is 9.99. The average Bonchev–Trinajstić information content (AvgIpc) is 2.80. The topological polar surface area (TPSA) is 56.9 Å². The molecule has 0 aliphatic carbocycles. The van der Waals surface area contributed by atoms with Gasteiger partial charge in [0.25, 0.3) is 0 Å². The van der Waals surface area contributed by atoms with Crippen LogP contribution in [0, 0.1) is 0 Å². The van der Waals surface area contributed by atoms with Gasteiger partial charge >= 0.3 is 6.18 Å². The van der Waals surface area contributed by atoms with Gasteiger partial charge in [-0.1, -0.05) is 54.6 Å². The number of thiocarbonyl (C=S) groups is 1. The Morgan fingerprint density at radius 1 is 0.912 bits per heavy atom. The van der Waals surface area contributed by atoms with Gasteiger partial charge in [0, 0.05) is 29.2 Å². The van der Waals surface area contributed by atoms with Crippen molar-refractivity contribution in [3.05, 3.63) is 111 Å². The van der Waals surface area contributed by atoms with Crippen molar-refractivity contribution < 1.29 is 13.2 Å². The van der Waals surface area contributed by atoms with Gasteiger partial charge in [-0.25, -0.2) is 0 Å². The molecule has 0 atom stereocenters. The minimum Gasteiger partial charge on any atom is -0.362 e. The molecule has 0 radical (unpaired) electrons. The van der Waals surface area contributed by atoms with Crippen LogP contribution in [0.15, 0.2) is 83.7 Å². The molecule has 0 amide bonds. The van der Waals surface area contributed by atoms with Crippen molar-refractivity contribution in [3.8, 4) is 0 Å². The third-order valence-electron chi connectivity index (χ3n) is 5.42. The Labute approximate surface area is 199 Å². The second-order valence-corrected chi connectivity index (χ2v) is 8.28. The number of para-hydroxylation sites is 1. The maximum absolute atomic E-state index is 13.5. The summed E-state index contributed by atoms with van der Waals surface area (Å²) in [6, 6.07) is 22.9. The van der Waals surface area contributed by atoms with Crippen LogP contribution in [0.2, 0.25) is 0 Å². The Kier molecular flexibility index (Phi) is 6.98. The molecule has 0 aliphatic heterocycles. The van der Waals surface area contributed by atoms with Crippen LogP contribution in [0.1, 0.15) is 22.3 Å². The van der Waals surface area contributed by atoms with E-state index in [0.29, 0.717) is 29.7 Å². The number of anilines is 1. The summed E-state index contributed by atoms with van der Waals surface area (Å²) in [5.41, 5.74) is 1.97. The van der Waals surface area contributed by atoms with E-state index in [1.807, 2.05) is 42.5 Å². The lowest BCUT2D eigenvalue weighted by molar-refractivity contribution is -0.136. The molecule has 4 aromatic rings. The molecule has 4 rings (SSSR count). The van der Waals surface area contributed by atoms with E-state index >= 15 is 0 Å². The van der Waals surface area contributed by atoms with E-state index in [0.717, 1.165) is 17.7 Å². The van der Waals surface area contributed by atoms with Gasteiger partial charge in [-0.3, -0.25) is 4.79 Å². The number of alkyl halides is 3. The molecule has 0 saturated heterocycles. The van der Waals surface area contributed by atoms with E-state index in [1.165, 1.54) is 17.7 Å². The van der Waals surface area contributed by atoms with Crippen LogP contribution < -0.4 is 16.2 Å². The first kappa shape index (κ1) is 23.5. The van der Waals surface area contributed by atoms with E-state index in [9.17, 15) is 18.0 Å². The fraction of sp³-hybridized carbons (Fsp3) is 0.154. The van der Waals surface area contributed by atoms with E-state index in [2.05, 4.69) is 27.8 Å². The molecule has 1 heterocycles. The molecule has 0 saturated carbocycles. The molecule has 0 bridgehead atoms. The summed E-state index contributed by atoms with van der Waals surface area (Å²) >= 11 is 5.43. The standard InChI is InChI=1S/C26H22F3N3OS/c27-26(28,29)21-16-24(33)31-23-11-10-18(15-20(21)23)14-19-8-4-5-9-22(19)32-25(34)30-13-12-17-6-2-1-3-7-17/h1-11,15-16H,12-14H2,(H,31,33)(H2,30,32,34). The highest BCUT2D eigenvalue weighted by Crippen LogP contribution is 2.34. The summed E-state index contributed by atoms with van der Waals surface area (Å²) in [6.45, 7) is 0.668. The molecule has 4 nitrogen and oxygen atoms in total. The molecule has 0 aliphatic rings. The smallest absolute Gasteiger partial charge is 0.362 e. The molecule has 0 fully saturated rings. The van der Waals surface area contributed by atoms with Crippen LogP contribution in [-0.4, -0.2) is 16.6 Å². The third-order valence-corrected chi connectivity index (χ3v) is 5.66. The zero-order chi connectivity index (χ0) is 24.1. The van der Waals surface area contributed by atoms with Crippen LogP contribution in [0.4, 0.5) is 18.9 Å². The van der Waals surface area contributed by atoms with Gasteiger partial charge in [0.2, 0.25) is 5.56 Å². The highest BCUT2D eigenvalue weighted by Gasteiger charge is 2.33. The second kappa shape index (κ2) is 10.1. The Bertz CT molecular complexity index is 1370. The number of aromatic amines is 1. The summed E-state index contributed by atoms with van der Waals surface area (Å²) in [5, 5.41) is 6.81. The molecule has 34 heavy (non-hydrogen) atoms. The number of H-pyrrole nitrogens is 1. The van der Waals surface area contributed by atoms with E-state index < -0.39 is 17.3 Å². The minimum atomic E-state index is -4.62. The number of halogens is 3. The molecule has 174 valence electrons. The van der Waals surface area contributed by atoms with Crippen molar-refractivity contribution in [2.75, 3.05) is 11.9 Å². The Morgan fingerprint density at radius 3 is 2.41 bits per heavy atom. The predicted molar refractivity (Wildman–Crippen MR) is 133 cm³/mol. The summed E-state index contributed by atoms with van der Waals surface area (Å²) in [5.74, 6) is 0. The van der Waals surface area contributed by atoms with Crippen LogP contribution >= 0.6 is 12.2 Å². The zero-order valence-electron chi connectivity index (χ0n) is 18.1. The Morgan fingerprint density at radius 2 is 1.65 bits per heavy atom. The Balaban J connectivity index is 1.50. The number of aromatic nitrogens is 1. The third kappa shape index (κ3) is 5.82. The van der Waals surface area contributed by atoms with Gasteiger partial charge in [-0.2, -0.15) is 13.2 Å². The average molecular weight is 482 g/mol. The number of pyridine rings is 1. The van der Waals surface area contributed by atoms with Crippen molar-refractivity contribution in [1.29, 1.82) is 0 Å². The lowest BCUT2D eigenvalue weighted by Crippen LogP contribution is -2.30. The molecule has 3 N–H and O–H groups in total. The van der Waals surface area contributed by atoms with Crippen molar-refractivity contribution in [2.45, 2.75) is 19.0 Å². The van der Waals surface area contributed by atoms with Crippen LogP contribution in [0.5, 0.6) is 0 Å². The monoisotopic (exact) mass is 481 g/mol. The normalized spacial score (nSPS) is 11.4. The number of hydrogen-bond acceptors (Lipinski definition) is 2. The first-order valence-electron chi connectivity index (χ1n) is 10.7. The van der Waals surface area contributed by atoms with Gasteiger partial charge in [0.1, 0.15) is 0 Å². The summed E-state index contributed by atoms with van der Waals surface area (Å²) in [6.07, 6.45) is -3.41. The van der Waals surface area contributed by atoms with Gasteiger partial charge in [0.05, 0.1) is 5.56 Å². The number of hydrogen-bond donors (Lipinski definition) is 3. The van der Waals surface area contributed by atoms with Crippen molar-refractivity contribution in [2.24, 2.45) is 0 Å². The first-order valence-corrected chi connectivity index (χ1v) is 11.1. The van der Waals surface area contributed by atoms with Crippen molar-refractivity contribution in [3.63, 3.8) is 0 Å². The van der Waals surface area contributed by atoms with Crippen LogP contribution in [0.25, 0.3) is 10.9 Å². The highest BCUT2D eigenvalue weighted by molar-refractivity contribution is 7.80. The Hall–Kier alpha value is -3.65. The van der Waals surface area contributed by atoms with Gasteiger partial charge in [-0.15, -0.1) is 0 Å². The van der Waals surface area contributed by atoms with Crippen LogP contribution in [0.3, 0.4) is 0 Å². The number of rotatable bonds is 6. The first-order chi connectivity index (χ1) is 16.3. The fourth-order valence-electron chi connectivity index (χ4n) is 3.79. The van der Waals surface area contributed by atoms with Crippen molar-refractivity contribution >= 4 is 33.9 Å². The minimum absolute atomic E-state index is 0.0341. The van der Waals surface area contributed by atoms with Gasteiger partial charge in [0.15, 0.2) is 5.11 Å². The molecule has 8 heteroatoms. The SMILES string of the molecule is O=c1cc(C(F)(F)F)c2cc(Cc3ccccc3NC(=S)NCCc3ccccc3)ccc2[nH]1. The van der Waals surface area contributed by atoms with Crippen molar-refractivity contribution in [1.82, 2.24) is 10.3 Å². The maximum Gasteiger partial charge on any atom is 0.417 e. The maximum atomic E-state index is 13.5. The molecular formula is C26H22F3N3OS. The summed E-state index contributed by atoms with van der Waals surface area (Å²) < 4.78 is 40.5. The summed E-state index contributed by atoms with van der Waals surface area (Å²) in [4.78, 5) is 14.1. The number of fused-ring (bicyclic) bond motifs is 1. The van der Waals surface area contributed by atoms with Gasteiger partial charge in [-0.05, 0) is 59.9 Å². The van der Waals surface area contributed by atoms with Crippen LogP contribution in [-0.2, 0) is 19.0 Å². The molecule has 0 unspecified atom stereocenters. The highest BCUT2D eigenvalue weighted by atomic mass is 32.1. The largest absolute Gasteiger partial charge is 0.417 e. The predicted octanol–water partition coefficient (Wildman–Crippen LogP) is 5.67. The molecule has 0 spiro atoms. The van der Waals surface area contributed by atoms with E-state index in [-0.39, 0.29) is 10.9 Å². The quantitative estimate of drug-likeness (QED) is 0.311. The molecule has 1 aromatic heterocycles. The molecular weight excluding hydrogens is 459 g/mol. The van der Waals surface area contributed by atoms with E-state index in [4.69, 9.17) is 12.2 Å². The lowest BCUT2D eigenvalue weighted by Gasteiger charge is -2.15. The molecule has 3 aromatic carbocycles. The number of nitrogens with one attached hydrogen (secondary N) is 3. The summed E-state index contributed by atoms with van der Waals surface area (Å²) in [7, 11) is 0. The fourth-order valence-corrected chi connectivity index (χ4v) is 4.01. The van der Waals surface area contributed by atoms with Gasteiger partial charge < -0.3 is 15.6 Å².